The van der Waals surface area contributed by atoms with Crippen molar-refractivity contribution in [2.75, 3.05) is 0 Å². The smallest absolute Gasteiger partial charge is 0.206 e. The molecule has 0 spiro atoms. The summed E-state index contributed by atoms with van der Waals surface area (Å²) in [7, 11) is 0. The molecule has 0 aliphatic carbocycles. The standard InChI is InChI=1S/C8HBrF8/c9-8(16,17)7(14,15)4-2(10)1-3(11)5(12)6(4)13/h1H. The Kier molecular flexibility index (Phi) is 3.43. The van der Waals surface area contributed by atoms with E-state index in [9.17, 15) is 35.1 Å². The number of hydrogen-bond acceptors (Lipinski definition) is 0. The normalized spacial score (nSPS) is 13.0. The van der Waals surface area contributed by atoms with E-state index in [0.717, 1.165) is 0 Å². The molecule has 1 aromatic carbocycles. The van der Waals surface area contributed by atoms with Crippen LogP contribution in [-0.2, 0) is 5.92 Å². The highest BCUT2D eigenvalue weighted by atomic mass is 79.9. The summed E-state index contributed by atoms with van der Waals surface area (Å²) in [6, 6.07) is -0.444. The van der Waals surface area contributed by atoms with Crippen LogP contribution in [0.15, 0.2) is 6.07 Å². The molecule has 0 amide bonds. The van der Waals surface area contributed by atoms with Crippen LogP contribution in [0, 0.1) is 23.3 Å². The Morgan fingerprint density at radius 1 is 0.824 bits per heavy atom. The monoisotopic (exact) mass is 328 g/mol. The fraction of sp³-hybridized carbons (Fsp3) is 0.250. The lowest BCUT2D eigenvalue weighted by Gasteiger charge is -2.22. The fourth-order valence-corrected chi connectivity index (χ4v) is 1.19. The van der Waals surface area contributed by atoms with Crippen molar-refractivity contribution in [1.29, 1.82) is 0 Å². The van der Waals surface area contributed by atoms with Crippen LogP contribution in [0.4, 0.5) is 35.1 Å². The van der Waals surface area contributed by atoms with Crippen molar-refractivity contribution in [3.63, 3.8) is 0 Å². The van der Waals surface area contributed by atoms with Crippen LogP contribution in [0.25, 0.3) is 0 Å². The van der Waals surface area contributed by atoms with Gasteiger partial charge in [-0.15, -0.1) is 0 Å². The van der Waals surface area contributed by atoms with E-state index in [1.807, 2.05) is 0 Å². The van der Waals surface area contributed by atoms with Crippen LogP contribution in [0.2, 0.25) is 0 Å². The second-order valence-corrected chi connectivity index (χ2v) is 3.91. The largest absolute Gasteiger partial charge is 0.368 e. The van der Waals surface area contributed by atoms with Crippen LogP contribution in [0.3, 0.4) is 0 Å². The van der Waals surface area contributed by atoms with E-state index in [2.05, 4.69) is 0 Å². The van der Waals surface area contributed by atoms with Gasteiger partial charge in [0.1, 0.15) is 11.4 Å². The van der Waals surface area contributed by atoms with Gasteiger partial charge >= 0.3 is 10.8 Å². The second-order valence-electron chi connectivity index (χ2n) is 2.92. The molecule has 0 nitrogen and oxygen atoms in total. The van der Waals surface area contributed by atoms with Gasteiger partial charge in [-0.2, -0.15) is 17.6 Å². The highest BCUT2D eigenvalue weighted by Crippen LogP contribution is 2.48. The number of rotatable bonds is 2. The van der Waals surface area contributed by atoms with Crippen molar-refractivity contribution >= 4 is 15.9 Å². The minimum absolute atomic E-state index is 0.444. The summed E-state index contributed by atoms with van der Waals surface area (Å²) in [5, 5.41) is 0. The van der Waals surface area contributed by atoms with E-state index < -0.39 is 45.7 Å². The lowest BCUT2D eigenvalue weighted by molar-refractivity contribution is -0.157. The Morgan fingerprint density at radius 3 is 1.71 bits per heavy atom. The minimum Gasteiger partial charge on any atom is -0.206 e. The van der Waals surface area contributed by atoms with Gasteiger partial charge in [0, 0.05) is 6.07 Å². The number of hydrogen-bond donors (Lipinski definition) is 0. The summed E-state index contributed by atoms with van der Waals surface area (Å²) in [5.41, 5.74) is -2.54. The van der Waals surface area contributed by atoms with Gasteiger partial charge in [-0.25, -0.2) is 17.6 Å². The molecule has 1 rings (SSSR count). The van der Waals surface area contributed by atoms with Gasteiger partial charge in [-0.05, 0) is 15.9 Å². The van der Waals surface area contributed by atoms with E-state index in [-0.39, 0.29) is 0 Å². The zero-order valence-electron chi connectivity index (χ0n) is 7.48. The van der Waals surface area contributed by atoms with Gasteiger partial charge in [-0.3, -0.25) is 0 Å². The predicted molar refractivity (Wildman–Crippen MR) is 44.0 cm³/mol. The summed E-state index contributed by atoms with van der Waals surface area (Å²) in [5.74, 6) is -15.0. The molecule has 0 aliphatic rings. The highest BCUT2D eigenvalue weighted by molar-refractivity contribution is 9.10. The molecule has 1 aromatic rings. The Hall–Kier alpha value is -0.860. The van der Waals surface area contributed by atoms with Gasteiger partial charge < -0.3 is 0 Å². The molecule has 0 heterocycles. The van der Waals surface area contributed by atoms with Gasteiger partial charge in [0.05, 0.1) is 0 Å². The Balaban J connectivity index is 3.58. The van der Waals surface area contributed by atoms with E-state index >= 15 is 0 Å². The first-order chi connectivity index (χ1) is 7.50. The predicted octanol–water partition coefficient (Wildman–Crippen LogP) is 4.32. The zero-order valence-corrected chi connectivity index (χ0v) is 9.07. The third kappa shape index (κ3) is 2.24. The third-order valence-electron chi connectivity index (χ3n) is 1.78. The Labute approximate surface area is 97.4 Å². The highest BCUT2D eigenvalue weighted by Gasteiger charge is 2.59. The zero-order chi connectivity index (χ0) is 13.6. The molecule has 96 valence electrons. The van der Waals surface area contributed by atoms with Gasteiger partial charge in [0.15, 0.2) is 17.5 Å². The summed E-state index contributed by atoms with van der Waals surface area (Å²) < 4.78 is 101. The van der Waals surface area contributed by atoms with Crippen molar-refractivity contribution in [3.8, 4) is 0 Å². The Morgan fingerprint density at radius 2 is 1.29 bits per heavy atom. The summed E-state index contributed by atoms with van der Waals surface area (Å²) in [4.78, 5) is -5.02. The molecule has 9 heteroatoms. The second kappa shape index (κ2) is 4.11. The molecule has 0 saturated heterocycles. The maximum absolute atomic E-state index is 12.9. The summed E-state index contributed by atoms with van der Waals surface area (Å²) in [6.07, 6.45) is 0. The molecular formula is C8HBrF8. The number of halogens is 9. The van der Waals surface area contributed by atoms with E-state index in [4.69, 9.17) is 0 Å². The number of benzene rings is 1. The van der Waals surface area contributed by atoms with Crippen LogP contribution >= 0.6 is 15.9 Å². The van der Waals surface area contributed by atoms with Crippen molar-refractivity contribution < 1.29 is 35.1 Å². The molecule has 17 heavy (non-hydrogen) atoms. The minimum atomic E-state index is -5.38. The first-order valence-corrected chi connectivity index (χ1v) is 4.57. The van der Waals surface area contributed by atoms with Crippen molar-refractivity contribution in [2.45, 2.75) is 10.8 Å². The topological polar surface area (TPSA) is 0 Å². The summed E-state index contributed by atoms with van der Waals surface area (Å²) >= 11 is 1.22. The van der Waals surface area contributed by atoms with Crippen LogP contribution in [0.5, 0.6) is 0 Å². The molecule has 0 N–H and O–H groups in total. The summed E-state index contributed by atoms with van der Waals surface area (Å²) in [6.45, 7) is 0. The van der Waals surface area contributed by atoms with Gasteiger partial charge in [0.2, 0.25) is 0 Å². The molecule has 0 saturated carbocycles. The lowest BCUT2D eigenvalue weighted by atomic mass is 10.1. The molecular weight excluding hydrogens is 328 g/mol. The van der Waals surface area contributed by atoms with Crippen molar-refractivity contribution in [2.24, 2.45) is 0 Å². The quantitative estimate of drug-likeness (QED) is 0.328. The fourth-order valence-electron chi connectivity index (χ4n) is 0.996. The molecule has 0 radical (unpaired) electrons. The Bertz CT molecular complexity index is 450. The van der Waals surface area contributed by atoms with Crippen molar-refractivity contribution in [1.82, 2.24) is 0 Å². The van der Waals surface area contributed by atoms with E-state index in [1.54, 1.807) is 0 Å². The molecule has 0 unspecified atom stereocenters. The molecule has 0 aromatic heterocycles. The van der Waals surface area contributed by atoms with Crippen LogP contribution in [0.1, 0.15) is 5.56 Å². The molecule has 0 aliphatic heterocycles. The average molecular weight is 329 g/mol. The van der Waals surface area contributed by atoms with E-state index in [0.29, 0.717) is 0 Å². The van der Waals surface area contributed by atoms with Gasteiger partial charge in [-0.1, -0.05) is 0 Å². The van der Waals surface area contributed by atoms with Crippen LogP contribution in [-0.4, -0.2) is 4.83 Å². The van der Waals surface area contributed by atoms with Crippen LogP contribution < -0.4 is 0 Å². The maximum atomic E-state index is 12.9. The SMILES string of the molecule is Fc1cc(F)c(C(F)(F)C(F)(F)Br)c(F)c1F. The molecule has 0 atom stereocenters. The van der Waals surface area contributed by atoms with E-state index in [1.165, 1.54) is 15.9 Å². The molecule has 0 fully saturated rings. The number of alkyl halides is 5. The first kappa shape index (κ1) is 14.2. The van der Waals surface area contributed by atoms with Crippen molar-refractivity contribution in [3.05, 3.63) is 34.9 Å². The van der Waals surface area contributed by atoms with Gasteiger partial charge in [0.25, 0.3) is 0 Å². The molecule has 0 bridgehead atoms. The first-order valence-electron chi connectivity index (χ1n) is 3.78. The maximum Gasteiger partial charge on any atom is 0.368 e. The third-order valence-corrected chi connectivity index (χ3v) is 2.28. The lowest BCUT2D eigenvalue weighted by Crippen LogP contribution is -2.34. The average Bonchev–Trinajstić information content (AvgIpc) is 2.12.